The minimum Gasteiger partial charge on any atom is -0.494 e. The van der Waals surface area contributed by atoms with E-state index in [9.17, 15) is 4.39 Å². The van der Waals surface area contributed by atoms with E-state index in [-0.39, 0.29) is 17.6 Å². The van der Waals surface area contributed by atoms with E-state index in [2.05, 4.69) is 9.97 Å². The largest absolute Gasteiger partial charge is 0.494 e. The number of aromatic nitrogens is 2. The Labute approximate surface area is 111 Å². The van der Waals surface area contributed by atoms with Crippen molar-refractivity contribution < 1.29 is 9.13 Å². The Morgan fingerprint density at radius 1 is 1.21 bits per heavy atom. The highest BCUT2D eigenvalue weighted by Gasteiger charge is 2.10. The van der Waals surface area contributed by atoms with Gasteiger partial charge in [0.2, 0.25) is 5.95 Å². The molecule has 1 heterocycles. The fourth-order valence-corrected chi connectivity index (χ4v) is 1.75. The molecular formula is C14H16FN3O. The minimum atomic E-state index is -0.428. The molecule has 0 saturated carbocycles. The number of methoxy groups -OCH3 is 1. The monoisotopic (exact) mass is 261 g/mol. The van der Waals surface area contributed by atoms with Gasteiger partial charge in [-0.1, -0.05) is 13.8 Å². The molecule has 19 heavy (non-hydrogen) atoms. The van der Waals surface area contributed by atoms with Crippen LogP contribution in [-0.2, 0) is 0 Å². The number of nitrogens with two attached hydrogens (primary N) is 1. The Kier molecular flexibility index (Phi) is 3.64. The molecule has 1 aromatic heterocycles. The van der Waals surface area contributed by atoms with Gasteiger partial charge in [-0.2, -0.15) is 0 Å². The quantitative estimate of drug-likeness (QED) is 0.922. The molecule has 0 amide bonds. The van der Waals surface area contributed by atoms with E-state index in [1.165, 1.54) is 13.2 Å². The number of nitrogen functional groups attached to an aromatic ring is 1. The van der Waals surface area contributed by atoms with E-state index >= 15 is 0 Å². The number of halogens is 1. The average molecular weight is 261 g/mol. The highest BCUT2D eigenvalue weighted by Crippen LogP contribution is 2.26. The summed E-state index contributed by atoms with van der Waals surface area (Å²) < 4.78 is 18.6. The van der Waals surface area contributed by atoms with E-state index in [0.29, 0.717) is 11.3 Å². The number of anilines is 1. The lowest BCUT2D eigenvalue weighted by Gasteiger charge is -2.09. The van der Waals surface area contributed by atoms with Crippen LogP contribution in [0.5, 0.6) is 5.75 Å². The third-order valence-electron chi connectivity index (χ3n) is 2.80. The topological polar surface area (TPSA) is 61.0 Å². The molecule has 0 aliphatic rings. The van der Waals surface area contributed by atoms with E-state index in [1.807, 2.05) is 19.9 Å². The molecule has 0 saturated heterocycles. The highest BCUT2D eigenvalue weighted by atomic mass is 19.1. The fourth-order valence-electron chi connectivity index (χ4n) is 1.75. The molecule has 0 atom stereocenters. The normalized spacial score (nSPS) is 10.8. The van der Waals surface area contributed by atoms with Crippen molar-refractivity contribution in [3.63, 3.8) is 0 Å². The molecular weight excluding hydrogens is 245 g/mol. The number of ether oxygens (including phenoxy) is 1. The van der Waals surface area contributed by atoms with Crippen molar-refractivity contribution in [1.82, 2.24) is 9.97 Å². The van der Waals surface area contributed by atoms with Gasteiger partial charge in [-0.25, -0.2) is 14.4 Å². The molecule has 2 rings (SSSR count). The average Bonchev–Trinajstić information content (AvgIpc) is 2.37. The van der Waals surface area contributed by atoms with Gasteiger partial charge in [0.05, 0.1) is 12.8 Å². The Morgan fingerprint density at radius 2 is 1.95 bits per heavy atom. The molecule has 0 aliphatic heterocycles. The summed E-state index contributed by atoms with van der Waals surface area (Å²) in [6.07, 6.45) is 0. The predicted octanol–water partition coefficient (Wildman–Crippen LogP) is 3.00. The Hall–Kier alpha value is -2.17. The van der Waals surface area contributed by atoms with Crippen LogP contribution in [0.15, 0.2) is 24.3 Å². The van der Waals surface area contributed by atoms with Gasteiger partial charge in [0, 0.05) is 11.3 Å². The van der Waals surface area contributed by atoms with E-state index in [4.69, 9.17) is 10.5 Å². The van der Waals surface area contributed by atoms with E-state index in [0.717, 1.165) is 5.69 Å². The van der Waals surface area contributed by atoms with Crippen LogP contribution in [0.4, 0.5) is 10.3 Å². The lowest BCUT2D eigenvalue weighted by Crippen LogP contribution is -2.02. The summed E-state index contributed by atoms with van der Waals surface area (Å²) in [6.45, 7) is 4.03. The van der Waals surface area contributed by atoms with Crippen molar-refractivity contribution in [2.75, 3.05) is 12.8 Å². The zero-order chi connectivity index (χ0) is 14.0. The summed E-state index contributed by atoms with van der Waals surface area (Å²) in [7, 11) is 1.43. The second-order valence-electron chi connectivity index (χ2n) is 4.54. The van der Waals surface area contributed by atoms with E-state index in [1.54, 1.807) is 12.1 Å². The van der Waals surface area contributed by atoms with Crippen LogP contribution in [0, 0.1) is 5.82 Å². The van der Waals surface area contributed by atoms with Gasteiger partial charge in [0.15, 0.2) is 11.6 Å². The maximum absolute atomic E-state index is 13.7. The first kappa shape index (κ1) is 13.3. The molecule has 0 aliphatic carbocycles. The molecule has 4 nitrogen and oxygen atoms in total. The Balaban J connectivity index is 2.49. The highest BCUT2D eigenvalue weighted by molar-refractivity contribution is 5.62. The molecule has 0 radical (unpaired) electrons. The maximum Gasteiger partial charge on any atom is 0.220 e. The molecule has 5 heteroatoms. The lowest BCUT2D eigenvalue weighted by atomic mass is 10.1. The third kappa shape index (κ3) is 2.81. The molecule has 2 aromatic rings. The number of hydrogen-bond acceptors (Lipinski definition) is 4. The standard InChI is InChI=1S/C14H16FN3O/c1-8(2)11-7-12(18-14(16)17-11)9-4-5-13(19-3)10(15)6-9/h4-8H,1-3H3,(H2,16,17,18). The first-order chi connectivity index (χ1) is 9.01. The number of rotatable bonds is 3. The van der Waals surface area contributed by atoms with Gasteiger partial charge in [-0.3, -0.25) is 0 Å². The summed E-state index contributed by atoms with van der Waals surface area (Å²) in [5.41, 5.74) is 7.78. The van der Waals surface area contributed by atoms with Gasteiger partial charge in [0.1, 0.15) is 0 Å². The minimum absolute atomic E-state index is 0.192. The van der Waals surface area contributed by atoms with Crippen molar-refractivity contribution in [3.05, 3.63) is 35.8 Å². The second-order valence-corrected chi connectivity index (χ2v) is 4.54. The smallest absolute Gasteiger partial charge is 0.220 e. The van der Waals surface area contributed by atoms with Crippen LogP contribution in [0.1, 0.15) is 25.5 Å². The van der Waals surface area contributed by atoms with Crippen LogP contribution in [0.2, 0.25) is 0 Å². The molecule has 100 valence electrons. The van der Waals surface area contributed by atoms with Gasteiger partial charge in [-0.05, 0) is 30.2 Å². The summed E-state index contributed by atoms with van der Waals surface area (Å²) in [5.74, 6) is 0.197. The van der Waals surface area contributed by atoms with Crippen molar-refractivity contribution in [3.8, 4) is 17.0 Å². The van der Waals surface area contributed by atoms with Gasteiger partial charge in [-0.15, -0.1) is 0 Å². The van der Waals surface area contributed by atoms with Crippen molar-refractivity contribution in [2.24, 2.45) is 0 Å². The SMILES string of the molecule is COc1ccc(-c2cc(C(C)C)nc(N)n2)cc1F. The molecule has 1 aromatic carbocycles. The first-order valence-electron chi connectivity index (χ1n) is 5.99. The lowest BCUT2D eigenvalue weighted by molar-refractivity contribution is 0.386. The maximum atomic E-state index is 13.7. The summed E-state index contributed by atoms with van der Waals surface area (Å²) in [4.78, 5) is 8.31. The van der Waals surface area contributed by atoms with Crippen LogP contribution in [0.3, 0.4) is 0 Å². The molecule has 0 spiro atoms. The van der Waals surface area contributed by atoms with Crippen molar-refractivity contribution >= 4 is 5.95 Å². The molecule has 0 unspecified atom stereocenters. The summed E-state index contributed by atoms with van der Waals surface area (Å²) >= 11 is 0. The van der Waals surface area contributed by atoms with Gasteiger partial charge >= 0.3 is 0 Å². The molecule has 0 fully saturated rings. The zero-order valence-electron chi connectivity index (χ0n) is 11.1. The predicted molar refractivity (Wildman–Crippen MR) is 72.5 cm³/mol. The Morgan fingerprint density at radius 3 is 2.53 bits per heavy atom. The van der Waals surface area contributed by atoms with Gasteiger partial charge in [0.25, 0.3) is 0 Å². The summed E-state index contributed by atoms with van der Waals surface area (Å²) in [6, 6.07) is 6.51. The van der Waals surface area contributed by atoms with Crippen molar-refractivity contribution in [1.29, 1.82) is 0 Å². The zero-order valence-corrected chi connectivity index (χ0v) is 11.1. The van der Waals surface area contributed by atoms with E-state index < -0.39 is 5.82 Å². The summed E-state index contributed by atoms with van der Waals surface area (Å²) in [5, 5.41) is 0. The molecule has 0 bridgehead atoms. The number of benzene rings is 1. The van der Waals surface area contributed by atoms with Crippen molar-refractivity contribution in [2.45, 2.75) is 19.8 Å². The molecule has 2 N–H and O–H groups in total. The first-order valence-corrected chi connectivity index (χ1v) is 5.99. The number of hydrogen-bond donors (Lipinski definition) is 1. The third-order valence-corrected chi connectivity index (χ3v) is 2.80. The number of nitrogens with zero attached hydrogens (tertiary/aromatic N) is 2. The van der Waals surface area contributed by atoms with Crippen LogP contribution < -0.4 is 10.5 Å². The van der Waals surface area contributed by atoms with Gasteiger partial charge < -0.3 is 10.5 Å². The fraction of sp³-hybridized carbons (Fsp3) is 0.286. The van der Waals surface area contributed by atoms with Crippen LogP contribution in [-0.4, -0.2) is 17.1 Å². The Bertz CT molecular complexity index is 599. The van der Waals surface area contributed by atoms with Crippen LogP contribution in [0.25, 0.3) is 11.3 Å². The van der Waals surface area contributed by atoms with Crippen LogP contribution >= 0.6 is 0 Å². The second kappa shape index (κ2) is 5.22.